The Bertz CT molecular complexity index is 1320. The van der Waals surface area contributed by atoms with Crippen LogP contribution in [0.5, 0.6) is 11.5 Å². The third kappa shape index (κ3) is 3.33. The molecule has 150 valence electrons. The molecule has 1 N–H and O–H groups in total. The molecule has 4 aromatic rings. The van der Waals surface area contributed by atoms with Crippen molar-refractivity contribution in [2.24, 2.45) is 0 Å². The van der Waals surface area contributed by atoms with E-state index in [1.54, 1.807) is 35.0 Å². The minimum absolute atomic E-state index is 0.0713. The van der Waals surface area contributed by atoms with E-state index in [-0.39, 0.29) is 11.3 Å². The van der Waals surface area contributed by atoms with Crippen LogP contribution in [0.25, 0.3) is 28.7 Å². The van der Waals surface area contributed by atoms with E-state index >= 15 is 0 Å². The predicted octanol–water partition coefficient (Wildman–Crippen LogP) is 4.28. The summed E-state index contributed by atoms with van der Waals surface area (Å²) in [6, 6.07) is 14.7. The Morgan fingerprint density at radius 3 is 2.47 bits per heavy atom. The first-order valence-corrected chi connectivity index (χ1v) is 9.49. The second-order valence-corrected chi connectivity index (χ2v) is 6.95. The van der Waals surface area contributed by atoms with Gasteiger partial charge in [-0.1, -0.05) is 30.3 Å². The molecule has 0 radical (unpaired) electrons. The van der Waals surface area contributed by atoms with Crippen LogP contribution in [-0.4, -0.2) is 26.8 Å². The molecule has 2 aromatic heterocycles. The first kappa shape index (κ1) is 19.4. The number of methoxy groups -OCH3 is 1. The molecule has 0 saturated carbocycles. The lowest BCUT2D eigenvalue weighted by molar-refractivity contribution is 0.371. The van der Waals surface area contributed by atoms with Gasteiger partial charge in [0.2, 0.25) is 0 Å². The summed E-state index contributed by atoms with van der Waals surface area (Å²) in [5.74, 6) is 0.696. The Kier molecular flexibility index (Phi) is 5.06. The molecule has 4 rings (SSSR count). The van der Waals surface area contributed by atoms with Crippen molar-refractivity contribution in [3.8, 4) is 17.2 Å². The van der Waals surface area contributed by atoms with Crippen molar-refractivity contribution in [2.75, 3.05) is 7.11 Å². The number of aromatic hydroxyl groups is 1. The van der Waals surface area contributed by atoms with Gasteiger partial charge in [-0.3, -0.25) is 14.3 Å². The Hall–Kier alpha value is -3.93. The fourth-order valence-corrected chi connectivity index (χ4v) is 3.53. The van der Waals surface area contributed by atoms with Gasteiger partial charge in [0.1, 0.15) is 11.5 Å². The van der Waals surface area contributed by atoms with E-state index in [4.69, 9.17) is 9.72 Å². The molecule has 2 heterocycles. The lowest BCUT2D eigenvalue weighted by atomic mass is 10.1. The van der Waals surface area contributed by atoms with Crippen molar-refractivity contribution in [3.05, 3.63) is 87.7 Å². The number of para-hydroxylation sites is 2. The number of ether oxygens (including phenoxy) is 1. The Morgan fingerprint density at radius 1 is 1.00 bits per heavy atom. The number of aryl methyl sites for hydroxylation is 2. The van der Waals surface area contributed by atoms with Crippen LogP contribution in [-0.2, 0) is 0 Å². The van der Waals surface area contributed by atoms with Gasteiger partial charge in [0.15, 0.2) is 11.5 Å². The summed E-state index contributed by atoms with van der Waals surface area (Å²) in [4.78, 5) is 22.3. The van der Waals surface area contributed by atoms with Gasteiger partial charge in [-0.05, 0) is 49.3 Å². The van der Waals surface area contributed by atoms with Crippen molar-refractivity contribution in [1.29, 1.82) is 0 Å². The van der Waals surface area contributed by atoms with Crippen molar-refractivity contribution >= 4 is 23.1 Å². The Labute approximate surface area is 173 Å². The van der Waals surface area contributed by atoms with Gasteiger partial charge in [-0.25, -0.2) is 4.98 Å². The number of nitrogens with zero attached hydrogens (tertiary/aromatic N) is 3. The predicted molar refractivity (Wildman–Crippen MR) is 118 cm³/mol. The topological polar surface area (TPSA) is 77.2 Å². The third-order valence-electron chi connectivity index (χ3n) is 4.99. The van der Waals surface area contributed by atoms with Crippen LogP contribution < -0.4 is 10.3 Å². The first-order chi connectivity index (χ1) is 14.5. The van der Waals surface area contributed by atoms with Gasteiger partial charge in [-0.2, -0.15) is 0 Å². The van der Waals surface area contributed by atoms with Gasteiger partial charge in [0.05, 0.1) is 23.7 Å². The van der Waals surface area contributed by atoms with E-state index in [1.165, 1.54) is 7.11 Å². The number of fused-ring (bicyclic) bond motifs is 1. The zero-order chi connectivity index (χ0) is 21.3. The van der Waals surface area contributed by atoms with Gasteiger partial charge < -0.3 is 9.84 Å². The summed E-state index contributed by atoms with van der Waals surface area (Å²) in [5, 5.41) is 10.9. The molecule has 0 bridgehead atoms. The SMILES string of the molecule is COc1ccnc(C=Cc2nc3ccccc3c(=O)n2-c2c(C)cccc2C)c1O. The molecule has 0 aliphatic rings. The van der Waals surface area contributed by atoms with Crippen LogP contribution in [0.1, 0.15) is 22.6 Å². The molecule has 0 aliphatic carbocycles. The molecule has 0 amide bonds. The highest BCUT2D eigenvalue weighted by atomic mass is 16.5. The second kappa shape index (κ2) is 7.83. The summed E-state index contributed by atoms with van der Waals surface area (Å²) in [6.45, 7) is 3.93. The van der Waals surface area contributed by atoms with Crippen molar-refractivity contribution in [3.63, 3.8) is 0 Å². The van der Waals surface area contributed by atoms with Crippen LogP contribution in [0.4, 0.5) is 0 Å². The molecule has 0 atom stereocenters. The van der Waals surface area contributed by atoms with Crippen LogP contribution in [0, 0.1) is 13.8 Å². The number of pyridine rings is 1. The number of rotatable bonds is 4. The van der Waals surface area contributed by atoms with Crippen molar-refractivity contribution < 1.29 is 9.84 Å². The minimum Gasteiger partial charge on any atom is -0.503 e. The maximum absolute atomic E-state index is 13.4. The normalized spacial score (nSPS) is 11.3. The quantitative estimate of drug-likeness (QED) is 0.554. The third-order valence-corrected chi connectivity index (χ3v) is 4.99. The summed E-state index contributed by atoms with van der Waals surface area (Å²) < 4.78 is 6.76. The summed E-state index contributed by atoms with van der Waals surface area (Å²) in [5.41, 5.74) is 3.50. The molecule has 6 nitrogen and oxygen atoms in total. The zero-order valence-electron chi connectivity index (χ0n) is 17.0. The molecule has 2 aromatic carbocycles. The average molecular weight is 399 g/mol. The first-order valence-electron chi connectivity index (χ1n) is 9.49. The lowest BCUT2D eigenvalue weighted by Crippen LogP contribution is -2.23. The van der Waals surface area contributed by atoms with E-state index < -0.39 is 0 Å². The largest absolute Gasteiger partial charge is 0.503 e. The number of aromatic nitrogens is 3. The molecule has 6 heteroatoms. The molecule has 0 saturated heterocycles. The molecule has 0 spiro atoms. The summed E-state index contributed by atoms with van der Waals surface area (Å²) >= 11 is 0. The van der Waals surface area contributed by atoms with Crippen LogP contribution in [0.2, 0.25) is 0 Å². The Morgan fingerprint density at radius 2 is 1.73 bits per heavy atom. The highest BCUT2D eigenvalue weighted by molar-refractivity contribution is 5.80. The van der Waals surface area contributed by atoms with E-state index in [9.17, 15) is 9.90 Å². The van der Waals surface area contributed by atoms with Gasteiger partial charge in [0, 0.05) is 12.3 Å². The second-order valence-electron chi connectivity index (χ2n) is 6.95. The minimum atomic E-state index is -0.152. The molecular weight excluding hydrogens is 378 g/mol. The Balaban J connectivity index is 1.99. The smallest absolute Gasteiger partial charge is 0.266 e. The van der Waals surface area contributed by atoms with Crippen LogP contribution in [0.15, 0.2) is 59.5 Å². The van der Waals surface area contributed by atoms with Gasteiger partial charge in [0.25, 0.3) is 5.56 Å². The van der Waals surface area contributed by atoms with Crippen molar-refractivity contribution in [1.82, 2.24) is 14.5 Å². The van der Waals surface area contributed by atoms with Gasteiger partial charge >= 0.3 is 0 Å². The monoisotopic (exact) mass is 399 g/mol. The van der Waals surface area contributed by atoms with E-state index in [0.29, 0.717) is 28.2 Å². The maximum atomic E-state index is 13.4. The number of hydrogen-bond donors (Lipinski definition) is 1. The maximum Gasteiger partial charge on any atom is 0.266 e. The summed E-state index contributed by atoms with van der Waals surface area (Å²) in [7, 11) is 1.48. The fourth-order valence-electron chi connectivity index (χ4n) is 3.53. The van der Waals surface area contributed by atoms with E-state index in [1.807, 2.05) is 50.2 Å². The fraction of sp³-hybridized carbons (Fsp3) is 0.125. The molecule has 30 heavy (non-hydrogen) atoms. The number of hydrogen-bond acceptors (Lipinski definition) is 5. The molecular formula is C24H21N3O3. The van der Waals surface area contributed by atoms with Crippen molar-refractivity contribution in [2.45, 2.75) is 13.8 Å². The van der Waals surface area contributed by atoms with Crippen LogP contribution in [0.3, 0.4) is 0 Å². The van der Waals surface area contributed by atoms with E-state index in [2.05, 4.69) is 4.98 Å². The standard InChI is InChI=1S/C24H21N3O3/c1-15-7-6-8-16(2)22(15)27-21(26-18-10-5-4-9-17(18)24(27)29)12-11-19-23(28)20(30-3)13-14-25-19/h4-14,28H,1-3H3. The molecule has 0 unspecified atom stereocenters. The lowest BCUT2D eigenvalue weighted by Gasteiger charge is -2.16. The summed E-state index contributed by atoms with van der Waals surface area (Å²) in [6.07, 6.45) is 4.85. The highest BCUT2D eigenvalue weighted by Crippen LogP contribution is 2.29. The average Bonchev–Trinajstić information content (AvgIpc) is 2.74. The van der Waals surface area contributed by atoms with Gasteiger partial charge in [-0.15, -0.1) is 0 Å². The van der Waals surface area contributed by atoms with Crippen LogP contribution >= 0.6 is 0 Å². The number of benzene rings is 2. The highest BCUT2D eigenvalue weighted by Gasteiger charge is 2.15. The zero-order valence-corrected chi connectivity index (χ0v) is 17.0. The molecule has 0 fully saturated rings. The molecule has 0 aliphatic heterocycles. The van der Waals surface area contributed by atoms with E-state index in [0.717, 1.165) is 16.8 Å².